The third kappa shape index (κ3) is 1.70. The largest absolute Gasteiger partial charge is 0.381 e. The van der Waals surface area contributed by atoms with E-state index in [1.165, 1.54) is 0 Å². The highest BCUT2D eigenvalue weighted by Crippen LogP contribution is 2.19. The van der Waals surface area contributed by atoms with E-state index in [-0.39, 0.29) is 0 Å². The van der Waals surface area contributed by atoms with Gasteiger partial charge in [-0.2, -0.15) is 0 Å². The van der Waals surface area contributed by atoms with Gasteiger partial charge in [-0.1, -0.05) is 13.8 Å². The van der Waals surface area contributed by atoms with Gasteiger partial charge in [-0.15, -0.1) is 0 Å². The van der Waals surface area contributed by atoms with Crippen LogP contribution >= 0.6 is 0 Å². The zero-order chi connectivity index (χ0) is 7.56. The molecule has 1 heterocycles. The van der Waals surface area contributed by atoms with Gasteiger partial charge in [-0.05, 0) is 18.3 Å². The lowest BCUT2D eigenvalue weighted by molar-refractivity contribution is 0.175. The quantitative estimate of drug-likeness (QED) is 0.626. The molecular formula is C8H17NO. The average Bonchev–Trinajstić information content (AvgIpc) is 2.36. The zero-order valence-electron chi connectivity index (χ0n) is 6.84. The molecule has 0 bridgehead atoms. The van der Waals surface area contributed by atoms with Crippen molar-refractivity contribution in [3.8, 4) is 0 Å². The van der Waals surface area contributed by atoms with Gasteiger partial charge in [0.05, 0.1) is 6.61 Å². The molecule has 1 aliphatic heterocycles. The van der Waals surface area contributed by atoms with E-state index in [9.17, 15) is 0 Å². The van der Waals surface area contributed by atoms with Crippen LogP contribution in [0.5, 0.6) is 0 Å². The van der Waals surface area contributed by atoms with Crippen molar-refractivity contribution >= 4 is 0 Å². The molecule has 2 nitrogen and oxygen atoms in total. The maximum atomic E-state index is 5.94. The molecule has 0 saturated carbocycles. The van der Waals surface area contributed by atoms with Gasteiger partial charge in [0.2, 0.25) is 0 Å². The molecule has 0 spiro atoms. The lowest BCUT2D eigenvalue weighted by Crippen LogP contribution is -2.35. The summed E-state index contributed by atoms with van der Waals surface area (Å²) in [7, 11) is 0. The molecule has 2 atom stereocenters. The molecule has 0 aromatic carbocycles. The summed E-state index contributed by atoms with van der Waals surface area (Å²) in [5.41, 5.74) is 5.94. The Kier molecular flexibility index (Phi) is 2.69. The lowest BCUT2D eigenvalue weighted by Gasteiger charge is -2.20. The first-order chi connectivity index (χ1) is 4.72. The molecule has 1 rings (SSSR count). The van der Waals surface area contributed by atoms with Gasteiger partial charge < -0.3 is 10.5 Å². The van der Waals surface area contributed by atoms with Crippen molar-refractivity contribution in [3.63, 3.8) is 0 Å². The molecular weight excluding hydrogens is 126 g/mol. The van der Waals surface area contributed by atoms with Gasteiger partial charge in [-0.25, -0.2) is 0 Å². The molecule has 0 aromatic rings. The second-order valence-electron chi connectivity index (χ2n) is 3.45. The molecule has 1 fully saturated rings. The van der Waals surface area contributed by atoms with Gasteiger partial charge >= 0.3 is 0 Å². The van der Waals surface area contributed by atoms with E-state index >= 15 is 0 Å². The van der Waals surface area contributed by atoms with Gasteiger partial charge in [0.25, 0.3) is 0 Å². The average molecular weight is 143 g/mol. The fourth-order valence-corrected chi connectivity index (χ4v) is 1.40. The first kappa shape index (κ1) is 8.02. The number of rotatable bonds is 2. The van der Waals surface area contributed by atoms with Crippen LogP contribution in [0.1, 0.15) is 20.3 Å². The first-order valence-corrected chi connectivity index (χ1v) is 4.05. The van der Waals surface area contributed by atoms with E-state index < -0.39 is 0 Å². The minimum atomic E-state index is 0.336. The van der Waals surface area contributed by atoms with Crippen molar-refractivity contribution in [1.82, 2.24) is 0 Å². The van der Waals surface area contributed by atoms with Crippen LogP contribution in [0.3, 0.4) is 0 Å². The Morgan fingerprint density at radius 2 is 2.20 bits per heavy atom. The lowest BCUT2D eigenvalue weighted by atomic mass is 9.91. The third-order valence-corrected chi connectivity index (χ3v) is 2.28. The van der Waals surface area contributed by atoms with Crippen LogP contribution in [0.25, 0.3) is 0 Å². The predicted molar refractivity (Wildman–Crippen MR) is 41.7 cm³/mol. The van der Waals surface area contributed by atoms with Crippen LogP contribution in [0.4, 0.5) is 0 Å². The number of hydrogen-bond acceptors (Lipinski definition) is 2. The highest BCUT2D eigenvalue weighted by Gasteiger charge is 2.24. The van der Waals surface area contributed by atoms with E-state index in [0.717, 1.165) is 19.6 Å². The molecule has 2 heteroatoms. The molecule has 2 N–H and O–H groups in total. The summed E-state index contributed by atoms with van der Waals surface area (Å²) in [5, 5.41) is 0. The SMILES string of the molecule is CC(C)[C@@H](N)[C@H]1CCOC1. The van der Waals surface area contributed by atoms with Gasteiger partial charge in [0, 0.05) is 12.6 Å². The molecule has 1 saturated heterocycles. The van der Waals surface area contributed by atoms with E-state index in [1.807, 2.05) is 0 Å². The van der Waals surface area contributed by atoms with Crippen LogP contribution in [0, 0.1) is 11.8 Å². The Morgan fingerprint density at radius 3 is 2.60 bits per heavy atom. The Morgan fingerprint density at radius 1 is 1.50 bits per heavy atom. The third-order valence-electron chi connectivity index (χ3n) is 2.28. The topological polar surface area (TPSA) is 35.2 Å². The van der Waals surface area contributed by atoms with Gasteiger partial charge in [0.1, 0.15) is 0 Å². The number of nitrogens with two attached hydrogens (primary N) is 1. The Balaban J connectivity index is 2.32. The first-order valence-electron chi connectivity index (χ1n) is 4.05. The highest BCUT2D eigenvalue weighted by molar-refractivity contribution is 4.78. The Hall–Kier alpha value is -0.0800. The highest BCUT2D eigenvalue weighted by atomic mass is 16.5. The van der Waals surface area contributed by atoms with E-state index in [4.69, 9.17) is 10.5 Å². The Bertz CT molecular complexity index is 97.4. The molecule has 60 valence electrons. The number of hydrogen-bond donors (Lipinski definition) is 1. The number of ether oxygens (including phenoxy) is 1. The maximum Gasteiger partial charge on any atom is 0.0510 e. The molecule has 1 aliphatic rings. The van der Waals surface area contributed by atoms with Crippen molar-refractivity contribution in [2.75, 3.05) is 13.2 Å². The van der Waals surface area contributed by atoms with Crippen molar-refractivity contribution < 1.29 is 4.74 Å². The van der Waals surface area contributed by atoms with Crippen molar-refractivity contribution in [1.29, 1.82) is 0 Å². The summed E-state index contributed by atoms with van der Waals surface area (Å²) >= 11 is 0. The fraction of sp³-hybridized carbons (Fsp3) is 1.00. The summed E-state index contributed by atoms with van der Waals surface area (Å²) in [5.74, 6) is 1.20. The molecule has 0 radical (unpaired) electrons. The monoisotopic (exact) mass is 143 g/mol. The van der Waals surface area contributed by atoms with Crippen LogP contribution in [-0.4, -0.2) is 19.3 Å². The van der Waals surface area contributed by atoms with Gasteiger partial charge in [-0.3, -0.25) is 0 Å². The summed E-state index contributed by atoms with van der Waals surface area (Å²) in [6.07, 6.45) is 1.15. The summed E-state index contributed by atoms with van der Waals surface area (Å²) in [6.45, 7) is 6.12. The predicted octanol–water partition coefficient (Wildman–Crippen LogP) is 1.01. The molecule has 0 amide bonds. The zero-order valence-corrected chi connectivity index (χ0v) is 6.84. The van der Waals surface area contributed by atoms with Crippen LogP contribution in [-0.2, 0) is 4.74 Å². The minimum absolute atomic E-state index is 0.336. The fourth-order valence-electron chi connectivity index (χ4n) is 1.40. The second-order valence-corrected chi connectivity index (χ2v) is 3.45. The smallest absolute Gasteiger partial charge is 0.0510 e. The Labute approximate surface area is 62.7 Å². The molecule has 10 heavy (non-hydrogen) atoms. The van der Waals surface area contributed by atoms with E-state index in [1.54, 1.807) is 0 Å². The standard InChI is InChI=1S/C8H17NO/c1-6(2)8(9)7-3-4-10-5-7/h6-8H,3-5,9H2,1-2H3/t7-,8+/m0/s1. The van der Waals surface area contributed by atoms with Crippen molar-refractivity contribution in [2.24, 2.45) is 17.6 Å². The van der Waals surface area contributed by atoms with Crippen LogP contribution in [0.2, 0.25) is 0 Å². The van der Waals surface area contributed by atoms with Crippen molar-refractivity contribution in [2.45, 2.75) is 26.3 Å². The summed E-state index contributed by atoms with van der Waals surface area (Å²) < 4.78 is 5.25. The molecule has 0 unspecified atom stereocenters. The van der Waals surface area contributed by atoms with Crippen LogP contribution in [0.15, 0.2) is 0 Å². The van der Waals surface area contributed by atoms with E-state index in [0.29, 0.717) is 17.9 Å². The van der Waals surface area contributed by atoms with E-state index in [2.05, 4.69) is 13.8 Å². The molecule has 0 aromatic heterocycles. The normalized spacial score (nSPS) is 29.4. The summed E-state index contributed by atoms with van der Waals surface area (Å²) in [4.78, 5) is 0. The van der Waals surface area contributed by atoms with Crippen molar-refractivity contribution in [3.05, 3.63) is 0 Å². The second kappa shape index (κ2) is 3.35. The molecule has 0 aliphatic carbocycles. The summed E-state index contributed by atoms with van der Waals surface area (Å²) in [6, 6.07) is 0.336. The van der Waals surface area contributed by atoms with Crippen LogP contribution < -0.4 is 5.73 Å². The van der Waals surface area contributed by atoms with Gasteiger partial charge in [0.15, 0.2) is 0 Å². The minimum Gasteiger partial charge on any atom is -0.381 e. The maximum absolute atomic E-state index is 5.94.